The number of H-pyrrole nitrogens is 1. The Balaban J connectivity index is 1.71. The fraction of sp³-hybridized carbons (Fsp3) is 0.529. The maximum absolute atomic E-state index is 12.5. The summed E-state index contributed by atoms with van der Waals surface area (Å²) in [4.78, 5) is 19.1. The van der Waals surface area contributed by atoms with E-state index < -0.39 is 55.0 Å². The van der Waals surface area contributed by atoms with Crippen LogP contribution in [-0.4, -0.2) is 83.2 Å². The molecule has 4 rings (SSSR count). The zero-order chi connectivity index (χ0) is 20.9. The molecule has 0 radical (unpaired) electrons. The minimum atomic E-state index is -1.36. The Morgan fingerprint density at radius 2 is 1.97 bits per heavy atom. The lowest BCUT2D eigenvalue weighted by Crippen LogP contribution is -2.40. The Morgan fingerprint density at radius 1 is 1.21 bits per heavy atom. The van der Waals surface area contributed by atoms with Gasteiger partial charge >= 0.3 is 0 Å². The molecule has 1 aliphatic carbocycles. The van der Waals surface area contributed by atoms with E-state index in [0.29, 0.717) is 5.56 Å². The molecule has 2 aliphatic rings. The molecule has 1 saturated heterocycles. The van der Waals surface area contributed by atoms with Crippen LogP contribution < -0.4 is 16.6 Å². The molecule has 2 aromatic rings. The molecular formula is C17H23N5O7. The van der Waals surface area contributed by atoms with Gasteiger partial charge in [-0.1, -0.05) is 12.2 Å². The van der Waals surface area contributed by atoms with Crippen molar-refractivity contribution in [3.63, 3.8) is 0 Å². The average molecular weight is 409 g/mol. The lowest BCUT2D eigenvalue weighted by atomic mass is 10.1. The van der Waals surface area contributed by atoms with E-state index in [1.807, 2.05) is 0 Å². The van der Waals surface area contributed by atoms with Crippen molar-refractivity contribution in [3.8, 4) is 0 Å². The summed E-state index contributed by atoms with van der Waals surface area (Å²) in [5, 5.41) is 52.5. The zero-order valence-electron chi connectivity index (χ0n) is 15.2. The number of nitrogens with one attached hydrogen (secondary N) is 2. The second-order valence-corrected chi connectivity index (χ2v) is 7.21. The summed E-state index contributed by atoms with van der Waals surface area (Å²) in [5.41, 5.74) is 5.78. The van der Waals surface area contributed by atoms with Gasteiger partial charge in [0.05, 0.1) is 24.1 Å². The highest BCUT2D eigenvalue weighted by Crippen LogP contribution is 2.32. The second kappa shape index (κ2) is 7.50. The van der Waals surface area contributed by atoms with E-state index in [-0.39, 0.29) is 23.5 Å². The average Bonchev–Trinajstić information content (AvgIpc) is 3.29. The normalized spacial score (nSPS) is 34.4. The van der Waals surface area contributed by atoms with Gasteiger partial charge in [0.15, 0.2) is 11.9 Å². The Labute approximate surface area is 163 Å². The number of anilines is 1. The van der Waals surface area contributed by atoms with E-state index in [4.69, 9.17) is 10.5 Å². The lowest BCUT2D eigenvalue weighted by molar-refractivity contribution is -0.0509. The molecule has 0 spiro atoms. The van der Waals surface area contributed by atoms with Gasteiger partial charge in [-0.2, -0.15) is 4.98 Å². The van der Waals surface area contributed by atoms with Gasteiger partial charge in [-0.25, -0.2) is 0 Å². The van der Waals surface area contributed by atoms with Crippen molar-refractivity contribution in [2.24, 2.45) is 0 Å². The molecule has 9 N–H and O–H groups in total. The van der Waals surface area contributed by atoms with Crippen molar-refractivity contribution in [1.29, 1.82) is 0 Å². The fourth-order valence-corrected chi connectivity index (χ4v) is 3.78. The number of hydrogen-bond donors (Lipinski definition) is 8. The van der Waals surface area contributed by atoms with E-state index in [0.717, 1.165) is 0 Å². The van der Waals surface area contributed by atoms with Crippen LogP contribution in [0.25, 0.3) is 11.0 Å². The van der Waals surface area contributed by atoms with E-state index in [1.165, 1.54) is 16.8 Å². The molecule has 0 bridgehead atoms. The molecule has 0 aromatic carbocycles. The molecule has 1 fully saturated rings. The molecule has 12 nitrogen and oxygen atoms in total. The third-order valence-corrected chi connectivity index (χ3v) is 5.33. The Kier molecular flexibility index (Phi) is 5.16. The molecule has 12 heteroatoms. The maximum atomic E-state index is 12.5. The van der Waals surface area contributed by atoms with Gasteiger partial charge in [0.25, 0.3) is 5.56 Å². The summed E-state index contributed by atoms with van der Waals surface area (Å²) in [6, 6.07) is -0.516. The van der Waals surface area contributed by atoms with E-state index in [9.17, 15) is 30.3 Å². The van der Waals surface area contributed by atoms with Crippen molar-refractivity contribution >= 4 is 17.0 Å². The molecule has 1 unspecified atom stereocenters. The molecule has 1 aliphatic heterocycles. The van der Waals surface area contributed by atoms with Gasteiger partial charge in [0.1, 0.15) is 24.4 Å². The molecule has 3 heterocycles. The van der Waals surface area contributed by atoms with Crippen molar-refractivity contribution in [2.75, 3.05) is 12.3 Å². The Hall–Kier alpha value is -2.32. The predicted octanol–water partition coefficient (Wildman–Crippen LogP) is -3.33. The van der Waals surface area contributed by atoms with E-state index in [2.05, 4.69) is 15.3 Å². The maximum Gasteiger partial charge on any atom is 0.262 e. The molecular weight excluding hydrogens is 386 g/mol. The van der Waals surface area contributed by atoms with Gasteiger partial charge in [-0.15, -0.1) is 0 Å². The summed E-state index contributed by atoms with van der Waals surface area (Å²) in [7, 11) is 0. The number of aliphatic hydroxyl groups is 5. The minimum Gasteiger partial charge on any atom is -0.394 e. The number of aliphatic hydroxyl groups excluding tert-OH is 5. The third kappa shape index (κ3) is 3.34. The van der Waals surface area contributed by atoms with Crippen LogP contribution in [0.4, 0.5) is 5.95 Å². The van der Waals surface area contributed by atoms with E-state index >= 15 is 0 Å². The molecule has 7 atom stereocenters. The smallest absolute Gasteiger partial charge is 0.262 e. The number of nitrogen functional groups attached to an aromatic ring is 1. The second-order valence-electron chi connectivity index (χ2n) is 7.21. The van der Waals surface area contributed by atoms with Crippen molar-refractivity contribution in [3.05, 3.63) is 34.3 Å². The summed E-state index contributed by atoms with van der Waals surface area (Å²) in [5.74, 6) is -0.134. The number of ether oxygens (including phenoxy) is 1. The van der Waals surface area contributed by atoms with Crippen molar-refractivity contribution < 1.29 is 30.3 Å². The lowest BCUT2D eigenvalue weighted by Gasteiger charge is -2.18. The van der Waals surface area contributed by atoms with Crippen molar-refractivity contribution in [1.82, 2.24) is 19.9 Å². The van der Waals surface area contributed by atoms with E-state index in [1.54, 1.807) is 6.08 Å². The van der Waals surface area contributed by atoms with Gasteiger partial charge in [-0.05, 0) is 5.56 Å². The van der Waals surface area contributed by atoms with Gasteiger partial charge in [0, 0.05) is 12.7 Å². The summed E-state index contributed by atoms with van der Waals surface area (Å²) < 4.78 is 6.93. The van der Waals surface area contributed by atoms with Gasteiger partial charge in [-0.3, -0.25) is 9.78 Å². The topological polar surface area (TPSA) is 199 Å². The Morgan fingerprint density at radius 3 is 2.59 bits per heavy atom. The molecule has 0 saturated carbocycles. The van der Waals surface area contributed by atoms with Crippen LogP contribution in [0.1, 0.15) is 11.8 Å². The quantitative estimate of drug-likeness (QED) is 0.231. The van der Waals surface area contributed by atoms with Crippen molar-refractivity contribution in [2.45, 2.75) is 49.3 Å². The predicted molar refractivity (Wildman–Crippen MR) is 99.6 cm³/mol. The first-order chi connectivity index (χ1) is 13.8. The Bertz CT molecular complexity index is 988. The first-order valence-electron chi connectivity index (χ1n) is 9.11. The van der Waals surface area contributed by atoms with Gasteiger partial charge in [0.2, 0.25) is 5.95 Å². The number of aromatic nitrogens is 3. The summed E-state index contributed by atoms with van der Waals surface area (Å²) >= 11 is 0. The number of nitrogens with two attached hydrogens (primary N) is 1. The van der Waals surface area contributed by atoms with Crippen LogP contribution in [0.3, 0.4) is 0 Å². The van der Waals surface area contributed by atoms with Crippen LogP contribution in [0.5, 0.6) is 0 Å². The van der Waals surface area contributed by atoms with Crippen LogP contribution in [0.2, 0.25) is 0 Å². The van der Waals surface area contributed by atoms with Gasteiger partial charge < -0.3 is 45.9 Å². The van der Waals surface area contributed by atoms with Crippen LogP contribution in [0.15, 0.2) is 23.1 Å². The third-order valence-electron chi connectivity index (χ3n) is 5.33. The number of hydrogen-bond acceptors (Lipinski definition) is 10. The largest absolute Gasteiger partial charge is 0.394 e. The SMILES string of the molecule is Nc1nc2c(c(CNC3C=C[C@H](O)[C@@H]3O)cn2[C@@H]2O[C@H](CO)[C@@H](O)[C@H]2O)c(=O)[nH]1. The van der Waals surface area contributed by atoms with Crippen LogP contribution in [-0.2, 0) is 11.3 Å². The first kappa shape index (κ1) is 20.0. The van der Waals surface area contributed by atoms with Crippen LogP contribution in [0, 0.1) is 0 Å². The molecule has 158 valence electrons. The number of aromatic amines is 1. The minimum absolute atomic E-state index is 0.131. The molecule has 29 heavy (non-hydrogen) atoms. The number of nitrogens with zero attached hydrogens (tertiary/aromatic N) is 2. The molecule has 0 amide bonds. The highest BCUT2D eigenvalue weighted by Gasteiger charge is 2.44. The number of fused-ring (bicyclic) bond motifs is 1. The summed E-state index contributed by atoms with van der Waals surface area (Å²) in [6.45, 7) is -0.363. The monoisotopic (exact) mass is 409 g/mol. The zero-order valence-corrected chi connectivity index (χ0v) is 15.2. The van der Waals surface area contributed by atoms with Crippen LogP contribution >= 0.6 is 0 Å². The molecule has 2 aromatic heterocycles. The highest BCUT2D eigenvalue weighted by atomic mass is 16.6. The highest BCUT2D eigenvalue weighted by molar-refractivity contribution is 5.80. The number of rotatable bonds is 5. The first-order valence-corrected chi connectivity index (χ1v) is 9.11. The summed E-state index contributed by atoms with van der Waals surface area (Å²) in [6.07, 6.45) is -2.13. The standard InChI is InChI=1S/C17H23N5O7/c18-17-20-14-10(15(28)21-17)6(3-19-7-1-2-8(24)11(7)25)4-22(14)16-13(27)12(26)9(5-23)29-16/h1-2,4,7-9,11-13,16,19,23-27H,3,5H2,(H3,18,20,21,28)/t7?,8-,9+,11+,12+,13+,16+/m0/s1. The fourth-order valence-electron chi connectivity index (χ4n) is 3.78.